The van der Waals surface area contributed by atoms with Crippen LogP contribution in [0.5, 0.6) is 0 Å². The second-order valence-corrected chi connectivity index (χ2v) is 5.83. The molecule has 1 unspecified atom stereocenters. The van der Waals surface area contributed by atoms with Gasteiger partial charge < -0.3 is 5.32 Å². The quantitative estimate of drug-likeness (QED) is 0.915. The van der Waals surface area contributed by atoms with E-state index in [2.05, 4.69) is 41.6 Å². The Labute approximate surface area is 112 Å². The summed E-state index contributed by atoms with van der Waals surface area (Å²) in [5.74, 6) is 0.980. The Balaban J connectivity index is 1.57. The van der Waals surface area contributed by atoms with E-state index < -0.39 is 0 Å². The lowest BCUT2D eigenvalue weighted by Crippen LogP contribution is -2.16. The third-order valence-corrected chi connectivity index (χ3v) is 4.51. The van der Waals surface area contributed by atoms with Crippen LogP contribution in [-0.4, -0.2) is 21.6 Å². The van der Waals surface area contributed by atoms with E-state index in [-0.39, 0.29) is 0 Å². The van der Waals surface area contributed by atoms with Crippen molar-refractivity contribution < 1.29 is 0 Å². The molecule has 0 radical (unpaired) electrons. The zero-order valence-corrected chi connectivity index (χ0v) is 11.3. The van der Waals surface area contributed by atoms with Crippen molar-refractivity contribution in [2.24, 2.45) is 0 Å². The van der Waals surface area contributed by atoms with Gasteiger partial charge in [-0.15, -0.1) is 11.8 Å². The van der Waals surface area contributed by atoms with Crippen LogP contribution in [0.15, 0.2) is 41.4 Å². The first-order valence-corrected chi connectivity index (χ1v) is 7.25. The normalized spacial score (nSPS) is 17.7. The van der Waals surface area contributed by atoms with Crippen LogP contribution in [0, 0.1) is 0 Å². The van der Waals surface area contributed by atoms with Gasteiger partial charge >= 0.3 is 0 Å². The lowest BCUT2D eigenvalue weighted by atomic mass is 10.1. The topological polar surface area (TPSA) is 29.9 Å². The number of fused-ring (bicyclic) bond motifs is 1. The number of anilines is 1. The first-order valence-electron chi connectivity index (χ1n) is 6.37. The molecule has 2 aromatic rings. The third-order valence-electron chi connectivity index (χ3n) is 3.19. The molecule has 4 heteroatoms. The Morgan fingerprint density at radius 1 is 1.39 bits per heavy atom. The fraction of sp³-hybridized carbons (Fsp3) is 0.357. The number of aromatic nitrogens is 2. The van der Waals surface area contributed by atoms with Gasteiger partial charge in [-0.3, -0.25) is 4.68 Å². The molecule has 1 aliphatic heterocycles. The molecular formula is C14H17N3S. The van der Waals surface area contributed by atoms with Crippen LogP contribution in [0.2, 0.25) is 0 Å². The lowest BCUT2D eigenvalue weighted by molar-refractivity contribution is 0.661. The minimum atomic E-state index is 0.620. The van der Waals surface area contributed by atoms with E-state index in [1.807, 2.05) is 28.7 Å². The molecule has 2 heterocycles. The molecule has 1 N–H and O–H groups in total. The van der Waals surface area contributed by atoms with Crippen LogP contribution >= 0.6 is 11.8 Å². The standard InChI is InChI=1S/C14H17N3S/c1-2-17-8-7-14(16-17)15-10-12-9-11-5-3-4-6-13(11)18-12/h3-8,12H,2,9-10H2,1H3,(H,15,16). The van der Waals surface area contributed by atoms with Gasteiger partial charge in [0.25, 0.3) is 0 Å². The average Bonchev–Trinajstić information content (AvgIpc) is 3.02. The van der Waals surface area contributed by atoms with Gasteiger partial charge in [-0.2, -0.15) is 5.10 Å². The second kappa shape index (κ2) is 5.06. The first-order chi connectivity index (χ1) is 8.85. The molecule has 1 aromatic carbocycles. The van der Waals surface area contributed by atoms with Crippen LogP contribution in [0.1, 0.15) is 12.5 Å². The lowest BCUT2D eigenvalue weighted by Gasteiger charge is -2.08. The van der Waals surface area contributed by atoms with E-state index in [0.29, 0.717) is 5.25 Å². The highest BCUT2D eigenvalue weighted by Gasteiger charge is 2.21. The minimum Gasteiger partial charge on any atom is -0.367 e. The number of hydrogen-bond donors (Lipinski definition) is 1. The number of thioether (sulfide) groups is 1. The summed E-state index contributed by atoms with van der Waals surface area (Å²) in [6.45, 7) is 3.99. The van der Waals surface area contributed by atoms with Crippen molar-refractivity contribution in [2.45, 2.75) is 30.0 Å². The van der Waals surface area contributed by atoms with Gasteiger partial charge in [0, 0.05) is 35.5 Å². The highest BCUT2D eigenvalue weighted by atomic mass is 32.2. The van der Waals surface area contributed by atoms with Crippen LogP contribution in [0.3, 0.4) is 0 Å². The highest BCUT2D eigenvalue weighted by Crippen LogP contribution is 2.36. The molecule has 0 saturated heterocycles. The third kappa shape index (κ3) is 2.38. The summed E-state index contributed by atoms with van der Waals surface area (Å²) in [6, 6.07) is 10.7. The molecule has 0 bridgehead atoms. The van der Waals surface area contributed by atoms with Crippen LogP contribution in [0.4, 0.5) is 5.82 Å². The number of benzene rings is 1. The fourth-order valence-corrected chi connectivity index (χ4v) is 3.47. The SMILES string of the molecule is CCn1ccc(NCC2Cc3ccccc3S2)n1. The Kier molecular flexibility index (Phi) is 3.28. The monoisotopic (exact) mass is 259 g/mol. The molecule has 3 nitrogen and oxygen atoms in total. The molecule has 3 rings (SSSR count). The Bertz CT molecular complexity index is 510. The maximum Gasteiger partial charge on any atom is 0.148 e. The predicted octanol–water partition coefficient (Wildman–Crippen LogP) is 3.03. The van der Waals surface area contributed by atoms with E-state index in [0.717, 1.165) is 25.3 Å². The van der Waals surface area contributed by atoms with E-state index >= 15 is 0 Å². The molecule has 18 heavy (non-hydrogen) atoms. The summed E-state index contributed by atoms with van der Waals surface area (Å²) in [5.41, 5.74) is 1.48. The summed E-state index contributed by atoms with van der Waals surface area (Å²) >= 11 is 1.97. The van der Waals surface area contributed by atoms with Gasteiger partial charge in [0.15, 0.2) is 0 Å². The van der Waals surface area contributed by atoms with E-state index in [1.54, 1.807) is 0 Å². The van der Waals surface area contributed by atoms with Crippen molar-refractivity contribution in [3.63, 3.8) is 0 Å². The first kappa shape index (κ1) is 11.7. The maximum absolute atomic E-state index is 4.44. The van der Waals surface area contributed by atoms with E-state index in [4.69, 9.17) is 0 Å². The second-order valence-electron chi connectivity index (χ2n) is 4.49. The molecule has 0 amide bonds. The number of nitrogens with zero attached hydrogens (tertiary/aromatic N) is 2. The number of nitrogens with one attached hydrogen (secondary N) is 1. The minimum absolute atomic E-state index is 0.620. The smallest absolute Gasteiger partial charge is 0.148 e. The average molecular weight is 259 g/mol. The largest absolute Gasteiger partial charge is 0.367 e. The van der Waals surface area contributed by atoms with E-state index in [1.165, 1.54) is 10.5 Å². The molecule has 0 saturated carbocycles. The summed E-state index contributed by atoms with van der Waals surface area (Å²) in [6.07, 6.45) is 3.17. The molecular weight excluding hydrogens is 242 g/mol. The summed E-state index contributed by atoms with van der Waals surface area (Å²) in [4.78, 5) is 1.43. The van der Waals surface area contributed by atoms with Gasteiger partial charge in [-0.25, -0.2) is 0 Å². The summed E-state index contributed by atoms with van der Waals surface area (Å²) < 4.78 is 1.94. The van der Waals surface area contributed by atoms with Crippen molar-refractivity contribution in [3.05, 3.63) is 42.1 Å². The van der Waals surface area contributed by atoms with Crippen LogP contribution in [0.25, 0.3) is 0 Å². The Morgan fingerprint density at radius 3 is 3.06 bits per heavy atom. The molecule has 0 spiro atoms. The molecule has 0 fully saturated rings. The van der Waals surface area contributed by atoms with Crippen LogP contribution < -0.4 is 5.32 Å². The molecule has 1 aliphatic rings. The summed E-state index contributed by atoms with van der Waals surface area (Å²) in [5, 5.41) is 8.48. The maximum atomic E-state index is 4.44. The molecule has 1 aromatic heterocycles. The molecule has 1 atom stereocenters. The molecule has 0 aliphatic carbocycles. The van der Waals surface area contributed by atoms with Gasteiger partial charge in [-0.1, -0.05) is 18.2 Å². The van der Waals surface area contributed by atoms with E-state index in [9.17, 15) is 0 Å². The van der Waals surface area contributed by atoms with Gasteiger partial charge in [0.05, 0.1) is 0 Å². The zero-order valence-electron chi connectivity index (χ0n) is 10.5. The van der Waals surface area contributed by atoms with Gasteiger partial charge in [0.1, 0.15) is 5.82 Å². The van der Waals surface area contributed by atoms with Gasteiger partial charge in [-0.05, 0) is 25.0 Å². The van der Waals surface area contributed by atoms with Gasteiger partial charge in [0.2, 0.25) is 0 Å². The summed E-state index contributed by atoms with van der Waals surface area (Å²) in [7, 11) is 0. The van der Waals surface area contributed by atoms with Crippen molar-refractivity contribution in [1.82, 2.24) is 9.78 Å². The van der Waals surface area contributed by atoms with Crippen molar-refractivity contribution in [3.8, 4) is 0 Å². The van der Waals surface area contributed by atoms with Crippen molar-refractivity contribution in [2.75, 3.05) is 11.9 Å². The van der Waals surface area contributed by atoms with Crippen LogP contribution in [-0.2, 0) is 13.0 Å². The highest BCUT2D eigenvalue weighted by molar-refractivity contribution is 8.00. The molecule has 94 valence electrons. The number of aryl methyl sites for hydroxylation is 1. The van der Waals surface area contributed by atoms with Crippen molar-refractivity contribution in [1.29, 1.82) is 0 Å². The Hall–Kier alpha value is -1.42. The zero-order chi connectivity index (χ0) is 12.4. The van der Waals surface area contributed by atoms with Crippen molar-refractivity contribution >= 4 is 17.6 Å². The number of hydrogen-bond acceptors (Lipinski definition) is 3. The predicted molar refractivity (Wildman–Crippen MR) is 76.2 cm³/mol. The Morgan fingerprint density at radius 2 is 2.28 bits per heavy atom. The fourth-order valence-electron chi connectivity index (χ4n) is 2.22. The number of rotatable bonds is 4.